The summed E-state index contributed by atoms with van der Waals surface area (Å²) in [4.78, 5) is 13.1. The van der Waals surface area contributed by atoms with Crippen LogP contribution in [0.15, 0.2) is 0 Å². The quantitative estimate of drug-likeness (QED) is 0.739. The van der Waals surface area contributed by atoms with E-state index in [0.717, 1.165) is 0 Å². The molecule has 1 heterocycles. The Labute approximate surface area is 96.4 Å². The lowest BCUT2D eigenvalue weighted by atomic mass is 10.0. The van der Waals surface area contributed by atoms with E-state index in [-0.39, 0.29) is 36.3 Å². The summed E-state index contributed by atoms with van der Waals surface area (Å²) >= 11 is 0. The van der Waals surface area contributed by atoms with Gasteiger partial charge in [-0.05, 0) is 19.3 Å². The molecule has 1 aliphatic heterocycles. The van der Waals surface area contributed by atoms with Crippen LogP contribution in [0.25, 0.3) is 0 Å². The van der Waals surface area contributed by atoms with Crippen molar-refractivity contribution in [3.8, 4) is 0 Å². The fraction of sp³-hybridized carbons (Fsp3) is 0.900. The molecule has 1 aliphatic rings. The van der Waals surface area contributed by atoms with Crippen molar-refractivity contribution in [2.45, 2.75) is 25.9 Å². The van der Waals surface area contributed by atoms with Gasteiger partial charge >= 0.3 is 0 Å². The van der Waals surface area contributed by atoms with Gasteiger partial charge in [-0.15, -0.1) is 0 Å². The zero-order valence-electron chi connectivity index (χ0n) is 9.72. The van der Waals surface area contributed by atoms with Crippen LogP contribution in [0.4, 0.5) is 0 Å². The summed E-state index contributed by atoms with van der Waals surface area (Å²) in [6, 6.07) is 0. The number of nitrogens with zero attached hydrogens (tertiary/aromatic N) is 1. The van der Waals surface area contributed by atoms with E-state index in [1.165, 1.54) is 4.90 Å². The summed E-state index contributed by atoms with van der Waals surface area (Å²) in [5.74, 6) is 0.184. The monoisotopic (exact) mass is 249 g/mol. The normalized spacial score (nSPS) is 25.3. The van der Waals surface area contributed by atoms with Crippen LogP contribution < -0.4 is 0 Å². The average Bonchev–Trinajstić information content (AvgIpc) is 2.44. The number of aliphatic hydroxyl groups is 1. The van der Waals surface area contributed by atoms with Gasteiger partial charge in [0.25, 0.3) is 0 Å². The zero-order chi connectivity index (χ0) is 12.3. The molecule has 1 fully saturated rings. The SMILES string of the molecule is CC(O)CN(C)C(=O)CC1CCS(=O)(=O)C1. The molecule has 0 aromatic rings. The Morgan fingerprint density at radius 1 is 1.56 bits per heavy atom. The topological polar surface area (TPSA) is 74.7 Å². The first kappa shape index (κ1) is 13.4. The summed E-state index contributed by atoms with van der Waals surface area (Å²) < 4.78 is 22.4. The molecule has 1 saturated heterocycles. The molecule has 0 aliphatic carbocycles. The van der Waals surface area contributed by atoms with E-state index in [1.807, 2.05) is 0 Å². The maximum atomic E-state index is 11.7. The lowest BCUT2D eigenvalue weighted by molar-refractivity contribution is -0.131. The predicted molar refractivity (Wildman–Crippen MR) is 60.7 cm³/mol. The molecule has 1 rings (SSSR count). The van der Waals surface area contributed by atoms with Gasteiger partial charge in [-0.2, -0.15) is 0 Å². The Balaban J connectivity index is 2.41. The van der Waals surface area contributed by atoms with Gasteiger partial charge < -0.3 is 10.0 Å². The van der Waals surface area contributed by atoms with E-state index in [1.54, 1.807) is 14.0 Å². The van der Waals surface area contributed by atoms with Gasteiger partial charge in [-0.3, -0.25) is 4.79 Å². The van der Waals surface area contributed by atoms with Crippen molar-refractivity contribution in [1.29, 1.82) is 0 Å². The fourth-order valence-electron chi connectivity index (χ4n) is 1.93. The van der Waals surface area contributed by atoms with Gasteiger partial charge in [0, 0.05) is 20.0 Å². The maximum absolute atomic E-state index is 11.7. The standard InChI is InChI=1S/C10H19NO4S/c1-8(12)6-11(2)10(13)5-9-3-4-16(14,15)7-9/h8-9,12H,3-7H2,1-2H3. The number of carbonyl (C=O) groups excluding carboxylic acids is 1. The van der Waals surface area contributed by atoms with Crippen LogP contribution in [0.2, 0.25) is 0 Å². The fourth-order valence-corrected chi connectivity index (χ4v) is 3.80. The molecule has 16 heavy (non-hydrogen) atoms. The zero-order valence-corrected chi connectivity index (χ0v) is 10.5. The summed E-state index contributed by atoms with van der Waals surface area (Å²) in [6.45, 7) is 1.90. The van der Waals surface area contributed by atoms with Crippen molar-refractivity contribution >= 4 is 15.7 Å². The van der Waals surface area contributed by atoms with E-state index in [4.69, 9.17) is 5.11 Å². The Bertz CT molecular complexity index is 350. The van der Waals surface area contributed by atoms with E-state index in [9.17, 15) is 13.2 Å². The number of sulfone groups is 1. The van der Waals surface area contributed by atoms with Crippen LogP contribution in [0.3, 0.4) is 0 Å². The summed E-state index contributed by atoms with van der Waals surface area (Å²) in [6.07, 6.45) is 0.292. The van der Waals surface area contributed by atoms with Gasteiger partial charge in [0.15, 0.2) is 9.84 Å². The van der Waals surface area contributed by atoms with E-state index >= 15 is 0 Å². The van der Waals surface area contributed by atoms with Gasteiger partial charge in [-0.25, -0.2) is 8.42 Å². The molecule has 0 aromatic heterocycles. The molecule has 0 radical (unpaired) electrons. The van der Waals surface area contributed by atoms with Gasteiger partial charge in [0.1, 0.15) is 0 Å². The molecule has 0 bridgehead atoms. The third-order valence-electron chi connectivity index (χ3n) is 2.75. The van der Waals surface area contributed by atoms with Crippen LogP contribution in [-0.4, -0.2) is 55.5 Å². The molecule has 0 aromatic carbocycles. The number of hydrogen-bond donors (Lipinski definition) is 1. The number of hydrogen-bond acceptors (Lipinski definition) is 4. The molecular formula is C10H19NO4S. The van der Waals surface area contributed by atoms with Crippen LogP contribution in [0.1, 0.15) is 19.8 Å². The lowest BCUT2D eigenvalue weighted by Gasteiger charge is -2.20. The van der Waals surface area contributed by atoms with Crippen molar-refractivity contribution < 1.29 is 18.3 Å². The summed E-state index contributed by atoms with van der Waals surface area (Å²) in [7, 11) is -1.29. The molecule has 94 valence electrons. The van der Waals surface area contributed by atoms with Crippen molar-refractivity contribution in [3.05, 3.63) is 0 Å². The minimum atomic E-state index is -2.91. The molecule has 0 spiro atoms. The molecule has 2 atom stereocenters. The van der Waals surface area contributed by atoms with Gasteiger partial charge in [-0.1, -0.05) is 0 Å². The summed E-state index contributed by atoms with van der Waals surface area (Å²) in [5, 5.41) is 9.13. The Morgan fingerprint density at radius 2 is 2.19 bits per heavy atom. The number of amides is 1. The molecular weight excluding hydrogens is 230 g/mol. The summed E-state index contributed by atoms with van der Waals surface area (Å²) in [5.41, 5.74) is 0. The second-order valence-electron chi connectivity index (χ2n) is 4.60. The third kappa shape index (κ3) is 4.09. The number of aliphatic hydroxyl groups excluding tert-OH is 1. The maximum Gasteiger partial charge on any atom is 0.222 e. The van der Waals surface area contributed by atoms with Gasteiger partial charge in [0.05, 0.1) is 17.6 Å². The van der Waals surface area contributed by atoms with Crippen LogP contribution in [0.5, 0.6) is 0 Å². The van der Waals surface area contributed by atoms with Crippen LogP contribution >= 0.6 is 0 Å². The number of rotatable bonds is 4. The molecule has 5 nitrogen and oxygen atoms in total. The molecule has 0 saturated carbocycles. The second kappa shape index (κ2) is 5.14. The minimum Gasteiger partial charge on any atom is -0.392 e. The minimum absolute atomic E-state index is 0.0473. The first-order chi connectivity index (χ1) is 7.30. The van der Waals surface area contributed by atoms with Gasteiger partial charge in [0.2, 0.25) is 5.91 Å². The van der Waals surface area contributed by atoms with Crippen molar-refractivity contribution in [3.63, 3.8) is 0 Å². The first-order valence-corrected chi connectivity index (χ1v) is 7.25. The smallest absolute Gasteiger partial charge is 0.222 e. The van der Waals surface area contributed by atoms with E-state index in [2.05, 4.69) is 0 Å². The first-order valence-electron chi connectivity index (χ1n) is 5.42. The highest BCUT2D eigenvalue weighted by Crippen LogP contribution is 2.22. The van der Waals surface area contributed by atoms with Crippen molar-refractivity contribution in [1.82, 2.24) is 4.90 Å². The molecule has 1 amide bonds. The van der Waals surface area contributed by atoms with Crippen molar-refractivity contribution in [2.75, 3.05) is 25.1 Å². The van der Waals surface area contributed by atoms with E-state index in [0.29, 0.717) is 6.42 Å². The highest BCUT2D eigenvalue weighted by molar-refractivity contribution is 7.91. The lowest BCUT2D eigenvalue weighted by Crippen LogP contribution is -2.34. The second-order valence-corrected chi connectivity index (χ2v) is 6.83. The molecule has 1 N–H and O–H groups in total. The van der Waals surface area contributed by atoms with Crippen LogP contribution in [0, 0.1) is 5.92 Å². The van der Waals surface area contributed by atoms with E-state index < -0.39 is 15.9 Å². The highest BCUT2D eigenvalue weighted by Gasteiger charge is 2.30. The van der Waals surface area contributed by atoms with Crippen molar-refractivity contribution in [2.24, 2.45) is 5.92 Å². The molecule has 6 heteroatoms. The highest BCUT2D eigenvalue weighted by atomic mass is 32.2. The Morgan fingerprint density at radius 3 is 2.62 bits per heavy atom. The number of likely N-dealkylation sites (N-methyl/N-ethyl adjacent to an activating group) is 1. The Hall–Kier alpha value is -0.620. The molecule has 2 unspecified atom stereocenters. The largest absolute Gasteiger partial charge is 0.392 e. The Kier molecular flexibility index (Phi) is 4.32. The average molecular weight is 249 g/mol. The predicted octanol–water partition coefficient (Wildman–Crippen LogP) is -0.350. The van der Waals surface area contributed by atoms with Crippen LogP contribution in [-0.2, 0) is 14.6 Å². The third-order valence-corrected chi connectivity index (χ3v) is 4.59. The number of carbonyl (C=O) groups is 1.